The van der Waals surface area contributed by atoms with Gasteiger partial charge in [-0.2, -0.15) is 0 Å². The first-order chi connectivity index (χ1) is 9.53. The van der Waals surface area contributed by atoms with Gasteiger partial charge < -0.3 is 15.4 Å². The number of nitrogens with two attached hydrogens (primary N) is 1. The van der Waals surface area contributed by atoms with Gasteiger partial charge in [-0.25, -0.2) is 0 Å². The highest BCUT2D eigenvalue weighted by atomic mass is 16.5. The van der Waals surface area contributed by atoms with Crippen molar-refractivity contribution in [3.8, 4) is 5.75 Å². The van der Waals surface area contributed by atoms with Crippen LogP contribution >= 0.6 is 0 Å². The standard InChI is InChI=1S/C15H25N3O2/c1-5-18(6-2)15(19)12(4)20-14-8-7-11(3)17-13(14)9-10-16/h7-8,12H,5-6,9-10,16H2,1-4H3. The van der Waals surface area contributed by atoms with E-state index in [1.807, 2.05) is 32.9 Å². The molecule has 0 radical (unpaired) electrons. The summed E-state index contributed by atoms with van der Waals surface area (Å²) in [5.41, 5.74) is 7.32. The summed E-state index contributed by atoms with van der Waals surface area (Å²) in [6.07, 6.45) is 0.124. The quantitative estimate of drug-likeness (QED) is 0.822. The van der Waals surface area contributed by atoms with Gasteiger partial charge in [-0.1, -0.05) is 0 Å². The topological polar surface area (TPSA) is 68.5 Å². The van der Waals surface area contributed by atoms with E-state index in [2.05, 4.69) is 4.98 Å². The number of pyridine rings is 1. The smallest absolute Gasteiger partial charge is 0.263 e. The zero-order valence-corrected chi connectivity index (χ0v) is 12.8. The number of hydrogen-bond acceptors (Lipinski definition) is 4. The van der Waals surface area contributed by atoms with Crippen LogP contribution < -0.4 is 10.5 Å². The number of nitrogens with zero attached hydrogens (tertiary/aromatic N) is 2. The Morgan fingerprint density at radius 2 is 2.05 bits per heavy atom. The molecule has 0 aliphatic heterocycles. The van der Waals surface area contributed by atoms with Crippen molar-refractivity contribution < 1.29 is 9.53 Å². The van der Waals surface area contributed by atoms with Crippen molar-refractivity contribution in [1.82, 2.24) is 9.88 Å². The maximum Gasteiger partial charge on any atom is 0.263 e. The predicted molar refractivity (Wildman–Crippen MR) is 79.8 cm³/mol. The summed E-state index contributed by atoms with van der Waals surface area (Å²) in [5.74, 6) is 0.642. The fourth-order valence-electron chi connectivity index (χ4n) is 2.05. The van der Waals surface area contributed by atoms with Crippen LogP contribution in [0.1, 0.15) is 32.2 Å². The molecule has 20 heavy (non-hydrogen) atoms. The highest BCUT2D eigenvalue weighted by Gasteiger charge is 2.21. The summed E-state index contributed by atoms with van der Waals surface area (Å²) in [6.45, 7) is 9.49. The van der Waals surface area contributed by atoms with Gasteiger partial charge in [-0.3, -0.25) is 9.78 Å². The van der Waals surface area contributed by atoms with Crippen LogP contribution in [0.5, 0.6) is 5.75 Å². The SMILES string of the molecule is CCN(CC)C(=O)C(C)Oc1ccc(C)nc1CCN. The third kappa shape index (κ3) is 4.20. The number of aryl methyl sites for hydroxylation is 1. The van der Waals surface area contributed by atoms with E-state index in [9.17, 15) is 4.79 Å². The predicted octanol–water partition coefficient (Wildman–Crippen LogP) is 1.53. The van der Waals surface area contributed by atoms with Gasteiger partial charge in [-0.05, 0) is 46.4 Å². The van der Waals surface area contributed by atoms with Gasteiger partial charge >= 0.3 is 0 Å². The molecule has 1 rings (SSSR count). The van der Waals surface area contributed by atoms with E-state index in [1.165, 1.54) is 0 Å². The van der Waals surface area contributed by atoms with E-state index in [0.29, 0.717) is 31.8 Å². The summed E-state index contributed by atoms with van der Waals surface area (Å²) in [6, 6.07) is 3.74. The van der Waals surface area contributed by atoms with Crippen LogP contribution in [-0.4, -0.2) is 41.5 Å². The van der Waals surface area contributed by atoms with E-state index in [1.54, 1.807) is 11.8 Å². The molecule has 1 unspecified atom stereocenters. The van der Waals surface area contributed by atoms with Gasteiger partial charge in [0.1, 0.15) is 5.75 Å². The fourth-order valence-corrected chi connectivity index (χ4v) is 2.05. The molecule has 1 aromatic rings. The zero-order chi connectivity index (χ0) is 15.1. The molecule has 1 amide bonds. The number of ether oxygens (including phenoxy) is 1. The molecule has 2 N–H and O–H groups in total. The normalized spacial score (nSPS) is 12.1. The summed E-state index contributed by atoms with van der Waals surface area (Å²) in [7, 11) is 0. The van der Waals surface area contributed by atoms with Gasteiger partial charge in [0.25, 0.3) is 5.91 Å². The maximum atomic E-state index is 12.2. The van der Waals surface area contributed by atoms with Gasteiger partial charge in [0, 0.05) is 25.2 Å². The molecule has 0 spiro atoms. The molecule has 5 nitrogen and oxygen atoms in total. The third-order valence-corrected chi connectivity index (χ3v) is 3.18. The monoisotopic (exact) mass is 279 g/mol. The highest BCUT2D eigenvalue weighted by Crippen LogP contribution is 2.19. The molecule has 5 heteroatoms. The molecule has 1 aromatic heterocycles. The summed E-state index contributed by atoms with van der Waals surface area (Å²) < 4.78 is 5.79. The molecular formula is C15H25N3O2. The van der Waals surface area contributed by atoms with Crippen molar-refractivity contribution in [2.45, 2.75) is 40.2 Å². The van der Waals surface area contributed by atoms with Gasteiger partial charge in [0.05, 0.1) is 5.69 Å². The van der Waals surface area contributed by atoms with Crippen molar-refractivity contribution in [1.29, 1.82) is 0 Å². The first-order valence-electron chi connectivity index (χ1n) is 7.15. The molecule has 1 heterocycles. The average Bonchev–Trinajstić information content (AvgIpc) is 2.43. The molecule has 0 fully saturated rings. The van der Waals surface area contributed by atoms with Crippen molar-refractivity contribution in [3.05, 3.63) is 23.5 Å². The lowest BCUT2D eigenvalue weighted by Crippen LogP contribution is -2.40. The van der Waals surface area contributed by atoms with Gasteiger partial charge in [-0.15, -0.1) is 0 Å². The number of rotatable bonds is 7. The van der Waals surface area contributed by atoms with E-state index >= 15 is 0 Å². The first-order valence-corrected chi connectivity index (χ1v) is 7.15. The Kier molecular flexibility index (Phi) is 6.45. The molecule has 0 aromatic carbocycles. The summed E-state index contributed by atoms with van der Waals surface area (Å²) >= 11 is 0. The Morgan fingerprint density at radius 1 is 1.40 bits per heavy atom. The average molecular weight is 279 g/mol. The lowest BCUT2D eigenvalue weighted by atomic mass is 10.2. The summed E-state index contributed by atoms with van der Waals surface area (Å²) in [5, 5.41) is 0. The van der Waals surface area contributed by atoms with Gasteiger partial charge in [0.15, 0.2) is 6.10 Å². The molecule has 1 atom stereocenters. The van der Waals surface area contributed by atoms with Gasteiger partial charge in [0.2, 0.25) is 0 Å². The Balaban J connectivity index is 2.84. The van der Waals surface area contributed by atoms with Crippen LogP contribution in [0.2, 0.25) is 0 Å². The third-order valence-electron chi connectivity index (χ3n) is 3.18. The number of amides is 1. The Hall–Kier alpha value is -1.62. The van der Waals surface area contributed by atoms with E-state index < -0.39 is 6.10 Å². The largest absolute Gasteiger partial charge is 0.479 e. The molecule has 0 bridgehead atoms. The molecule has 0 aliphatic rings. The minimum absolute atomic E-state index is 0.00530. The molecule has 112 valence electrons. The van der Waals surface area contributed by atoms with Crippen LogP contribution in [0.15, 0.2) is 12.1 Å². The second-order valence-corrected chi connectivity index (χ2v) is 4.71. The lowest BCUT2D eigenvalue weighted by Gasteiger charge is -2.24. The minimum atomic E-state index is -0.518. The minimum Gasteiger partial charge on any atom is -0.479 e. The maximum absolute atomic E-state index is 12.2. The Bertz CT molecular complexity index is 445. The van der Waals surface area contributed by atoms with Crippen LogP contribution in [0, 0.1) is 6.92 Å². The van der Waals surface area contributed by atoms with Crippen LogP contribution in [0.4, 0.5) is 0 Å². The number of carbonyl (C=O) groups excluding carboxylic acids is 1. The van der Waals surface area contributed by atoms with Crippen molar-refractivity contribution in [2.24, 2.45) is 5.73 Å². The second kappa shape index (κ2) is 7.85. The number of hydrogen-bond donors (Lipinski definition) is 1. The van der Waals surface area contributed by atoms with E-state index in [4.69, 9.17) is 10.5 Å². The van der Waals surface area contributed by atoms with Crippen LogP contribution in [0.25, 0.3) is 0 Å². The molecular weight excluding hydrogens is 254 g/mol. The first kappa shape index (κ1) is 16.4. The van der Waals surface area contributed by atoms with Crippen molar-refractivity contribution in [2.75, 3.05) is 19.6 Å². The van der Waals surface area contributed by atoms with Crippen LogP contribution in [-0.2, 0) is 11.2 Å². The Morgan fingerprint density at radius 3 is 2.60 bits per heavy atom. The number of aromatic nitrogens is 1. The van der Waals surface area contributed by atoms with E-state index in [0.717, 1.165) is 11.4 Å². The lowest BCUT2D eigenvalue weighted by molar-refractivity contribution is -0.137. The van der Waals surface area contributed by atoms with Crippen molar-refractivity contribution >= 4 is 5.91 Å². The van der Waals surface area contributed by atoms with Crippen LogP contribution in [0.3, 0.4) is 0 Å². The molecule has 0 saturated heterocycles. The zero-order valence-electron chi connectivity index (χ0n) is 12.8. The Labute approximate surface area is 121 Å². The second-order valence-electron chi connectivity index (χ2n) is 4.71. The van der Waals surface area contributed by atoms with Crippen molar-refractivity contribution in [3.63, 3.8) is 0 Å². The fraction of sp³-hybridized carbons (Fsp3) is 0.600. The van der Waals surface area contributed by atoms with E-state index in [-0.39, 0.29) is 5.91 Å². The summed E-state index contributed by atoms with van der Waals surface area (Å²) in [4.78, 5) is 18.4. The number of carbonyl (C=O) groups is 1. The number of likely N-dealkylation sites (N-methyl/N-ethyl adjacent to an activating group) is 1. The molecule has 0 saturated carbocycles. The molecule has 0 aliphatic carbocycles. The highest BCUT2D eigenvalue weighted by molar-refractivity contribution is 5.80.